The molecule has 7 heteroatoms. The Hall–Kier alpha value is -5.69. The molecule has 0 bridgehead atoms. The number of nitro benzene ring substituents is 1. The highest BCUT2D eigenvalue weighted by Crippen LogP contribution is 2.40. The Morgan fingerprint density at radius 3 is 1.68 bits per heavy atom. The minimum Gasteiger partial charge on any atom is -0.304 e. The molecule has 0 N–H and O–H groups in total. The summed E-state index contributed by atoms with van der Waals surface area (Å²) in [7, 11) is 0. The van der Waals surface area contributed by atoms with Gasteiger partial charge in [-0.3, -0.25) is 20.1 Å². The smallest absolute Gasteiger partial charge is 0.293 e. The number of nitro groups is 1. The highest BCUT2D eigenvalue weighted by Gasteiger charge is 2.22. The summed E-state index contributed by atoms with van der Waals surface area (Å²) in [6, 6.07) is 39.9. The van der Waals surface area contributed by atoms with Crippen LogP contribution >= 0.6 is 0 Å². The number of pyridine rings is 3. The van der Waals surface area contributed by atoms with Crippen LogP contribution in [0.25, 0.3) is 33.9 Å². The topological polar surface area (TPSA) is 85.0 Å². The summed E-state index contributed by atoms with van der Waals surface area (Å²) in [6.07, 6.45) is 3.50. The predicted octanol–water partition coefficient (Wildman–Crippen LogP) is 8.25. The van der Waals surface area contributed by atoms with Gasteiger partial charge in [0.2, 0.25) is 0 Å². The Labute approximate surface area is 231 Å². The van der Waals surface area contributed by atoms with Crippen molar-refractivity contribution >= 4 is 22.7 Å². The zero-order valence-electron chi connectivity index (χ0n) is 21.3. The van der Waals surface area contributed by atoms with Gasteiger partial charge in [-0.1, -0.05) is 54.6 Å². The molecule has 6 aromatic rings. The lowest BCUT2D eigenvalue weighted by Crippen LogP contribution is -2.11. The average Bonchev–Trinajstić information content (AvgIpc) is 3.03. The van der Waals surface area contributed by atoms with Crippen LogP contribution < -0.4 is 4.90 Å². The molecule has 7 nitrogen and oxygen atoms in total. The van der Waals surface area contributed by atoms with Gasteiger partial charge in [0.05, 0.1) is 27.7 Å². The zero-order chi connectivity index (χ0) is 27.3. The van der Waals surface area contributed by atoms with Gasteiger partial charge < -0.3 is 4.90 Å². The minimum atomic E-state index is -0.352. The van der Waals surface area contributed by atoms with Crippen LogP contribution in [-0.4, -0.2) is 19.9 Å². The van der Waals surface area contributed by atoms with E-state index in [9.17, 15) is 10.1 Å². The zero-order valence-corrected chi connectivity index (χ0v) is 21.3. The molecule has 6 rings (SSSR count). The molecule has 0 aliphatic carbocycles. The molecule has 0 aliphatic heterocycles. The van der Waals surface area contributed by atoms with Gasteiger partial charge in [-0.25, -0.2) is 4.98 Å². The molecule has 0 saturated heterocycles. The van der Waals surface area contributed by atoms with Crippen molar-refractivity contribution in [2.75, 3.05) is 4.90 Å². The lowest BCUT2D eigenvalue weighted by Gasteiger charge is -2.25. The van der Waals surface area contributed by atoms with Crippen LogP contribution in [-0.2, 0) is 0 Å². The van der Waals surface area contributed by atoms with E-state index in [4.69, 9.17) is 4.98 Å². The van der Waals surface area contributed by atoms with Gasteiger partial charge in [0.1, 0.15) is 5.69 Å². The minimum absolute atomic E-state index is 0.0320. The van der Waals surface area contributed by atoms with Gasteiger partial charge in [-0.15, -0.1) is 0 Å². The number of nitrogens with zero attached hydrogens (tertiary/aromatic N) is 5. The number of hydrogen-bond acceptors (Lipinski definition) is 6. The van der Waals surface area contributed by atoms with Crippen molar-refractivity contribution in [1.29, 1.82) is 0 Å². The lowest BCUT2D eigenvalue weighted by molar-refractivity contribution is -0.384. The van der Waals surface area contributed by atoms with Crippen molar-refractivity contribution in [1.82, 2.24) is 15.0 Å². The molecule has 0 unspecified atom stereocenters. The third kappa shape index (κ3) is 5.04. The van der Waals surface area contributed by atoms with E-state index in [1.807, 2.05) is 114 Å². The third-order valence-electron chi connectivity index (χ3n) is 6.47. The molecule has 0 aliphatic rings. The van der Waals surface area contributed by atoms with E-state index in [0.717, 1.165) is 45.3 Å². The maximum atomic E-state index is 11.9. The molecule has 0 saturated carbocycles. The molecule has 3 aromatic carbocycles. The SMILES string of the molecule is O=[N+]([O-])c1ccccc1N(c1ccccc1)c1ccc(-c2cc(-c3ccccn3)nc(-c3ccccn3)c2)cc1. The van der Waals surface area contributed by atoms with Crippen molar-refractivity contribution in [2.24, 2.45) is 0 Å². The molecule has 0 spiro atoms. The third-order valence-corrected chi connectivity index (χ3v) is 6.47. The molecule has 0 radical (unpaired) electrons. The number of para-hydroxylation sites is 3. The summed E-state index contributed by atoms with van der Waals surface area (Å²) in [4.78, 5) is 27.3. The van der Waals surface area contributed by atoms with Crippen LogP contribution in [0.4, 0.5) is 22.7 Å². The summed E-state index contributed by atoms with van der Waals surface area (Å²) in [5.41, 5.74) is 7.10. The molecule has 0 atom stereocenters. The molecule has 3 aromatic heterocycles. The summed E-state index contributed by atoms with van der Waals surface area (Å²) >= 11 is 0. The maximum absolute atomic E-state index is 11.9. The van der Waals surface area contributed by atoms with Crippen molar-refractivity contribution < 1.29 is 4.92 Å². The van der Waals surface area contributed by atoms with E-state index < -0.39 is 0 Å². The first-order chi connectivity index (χ1) is 19.7. The average molecular weight is 522 g/mol. The summed E-state index contributed by atoms with van der Waals surface area (Å²) in [6.45, 7) is 0. The fraction of sp³-hybridized carbons (Fsp3) is 0. The van der Waals surface area contributed by atoms with Gasteiger partial charge in [-0.05, 0) is 77.9 Å². The van der Waals surface area contributed by atoms with Crippen LogP contribution in [0.1, 0.15) is 0 Å². The van der Waals surface area contributed by atoms with E-state index in [0.29, 0.717) is 5.69 Å². The van der Waals surface area contributed by atoms with Crippen LogP contribution in [0.5, 0.6) is 0 Å². The standard InChI is InChI=1S/C33H23N5O2/c39-38(40)33-15-5-4-14-32(33)37(26-10-2-1-3-11-26)27-18-16-24(17-19-27)25-22-30(28-12-6-8-20-34-28)36-31(23-25)29-13-7-9-21-35-29/h1-23H. The Morgan fingerprint density at radius 1 is 0.550 bits per heavy atom. The number of benzene rings is 3. The van der Waals surface area contributed by atoms with Crippen LogP contribution in [0.2, 0.25) is 0 Å². The Morgan fingerprint density at radius 2 is 1.10 bits per heavy atom. The van der Waals surface area contributed by atoms with Gasteiger partial charge >= 0.3 is 0 Å². The molecule has 40 heavy (non-hydrogen) atoms. The Bertz CT molecular complexity index is 1700. The van der Waals surface area contributed by atoms with Crippen LogP contribution in [0, 0.1) is 10.1 Å². The summed E-state index contributed by atoms with van der Waals surface area (Å²) in [5.74, 6) is 0. The highest BCUT2D eigenvalue weighted by molar-refractivity contribution is 5.83. The predicted molar refractivity (Wildman–Crippen MR) is 157 cm³/mol. The van der Waals surface area contributed by atoms with Gasteiger partial charge in [0, 0.05) is 29.8 Å². The largest absolute Gasteiger partial charge is 0.304 e. The van der Waals surface area contributed by atoms with Gasteiger partial charge in [0.25, 0.3) is 5.69 Å². The van der Waals surface area contributed by atoms with E-state index >= 15 is 0 Å². The fourth-order valence-corrected chi connectivity index (χ4v) is 4.60. The summed E-state index contributed by atoms with van der Waals surface area (Å²) in [5, 5.41) is 11.9. The maximum Gasteiger partial charge on any atom is 0.293 e. The second-order valence-corrected chi connectivity index (χ2v) is 9.02. The fourth-order valence-electron chi connectivity index (χ4n) is 4.60. The van der Waals surface area contributed by atoms with Gasteiger partial charge in [-0.2, -0.15) is 0 Å². The van der Waals surface area contributed by atoms with Crippen molar-refractivity contribution in [3.63, 3.8) is 0 Å². The second-order valence-electron chi connectivity index (χ2n) is 9.02. The molecular formula is C33H23N5O2. The first kappa shape index (κ1) is 24.6. The van der Waals surface area contributed by atoms with E-state index in [1.54, 1.807) is 24.5 Å². The van der Waals surface area contributed by atoms with Crippen molar-refractivity contribution in [3.8, 4) is 33.9 Å². The monoisotopic (exact) mass is 521 g/mol. The van der Waals surface area contributed by atoms with E-state index in [2.05, 4.69) is 9.97 Å². The number of hydrogen-bond donors (Lipinski definition) is 0. The van der Waals surface area contributed by atoms with Crippen LogP contribution in [0.3, 0.4) is 0 Å². The second kappa shape index (κ2) is 11.0. The van der Waals surface area contributed by atoms with Gasteiger partial charge in [0.15, 0.2) is 0 Å². The first-order valence-corrected chi connectivity index (χ1v) is 12.7. The number of rotatable bonds is 7. The molecule has 192 valence electrons. The first-order valence-electron chi connectivity index (χ1n) is 12.7. The lowest BCUT2D eigenvalue weighted by atomic mass is 10.0. The van der Waals surface area contributed by atoms with E-state index in [1.165, 1.54) is 6.07 Å². The molecule has 0 amide bonds. The normalized spacial score (nSPS) is 10.7. The Kier molecular flexibility index (Phi) is 6.75. The molecule has 3 heterocycles. The highest BCUT2D eigenvalue weighted by atomic mass is 16.6. The Balaban J connectivity index is 1.45. The van der Waals surface area contributed by atoms with Crippen molar-refractivity contribution in [3.05, 3.63) is 150 Å². The quantitative estimate of drug-likeness (QED) is 0.155. The van der Waals surface area contributed by atoms with Crippen LogP contribution in [0.15, 0.2) is 140 Å². The number of anilines is 3. The van der Waals surface area contributed by atoms with E-state index in [-0.39, 0.29) is 10.6 Å². The number of aromatic nitrogens is 3. The molecule has 0 fully saturated rings. The van der Waals surface area contributed by atoms with Crippen molar-refractivity contribution in [2.45, 2.75) is 0 Å². The molecular weight excluding hydrogens is 498 g/mol. The summed E-state index contributed by atoms with van der Waals surface area (Å²) < 4.78 is 0.